The highest BCUT2D eigenvalue weighted by Gasteiger charge is 2.32. The Kier molecular flexibility index (Phi) is 5.62. The Labute approximate surface area is 164 Å². The smallest absolute Gasteiger partial charge is 0.153 e. The molecule has 0 saturated carbocycles. The summed E-state index contributed by atoms with van der Waals surface area (Å²) in [5.74, 6) is 1.95. The second-order valence-electron chi connectivity index (χ2n) is 8.26. The van der Waals surface area contributed by atoms with Crippen LogP contribution in [-0.2, 0) is 6.42 Å². The lowest BCUT2D eigenvalue weighted by atomic mass is 10.0. The van der Waals surface area contributed by atoms with Crippen LogP contribution in [-0.4, -0.2) is 57.9 Å². The molecule has 4 rings (SSSR count). The summed E-state index contributed by atoms with van der Waals surface area (Å²) in [6.45, 7) is 3.47. The van der Waals surface area contributed by atoms with Crippen molar-refractivity contribution in [2.75, 3.05) is 25.1 Å². The van der Waals surface area contributed by atoms with Gasteiger partial charge in [-0.05, 0) is 73.7 Å². The summed E-state index contributed by atoms with van der Waals surface area (Å²) < 4.78 is 0. The van der Waals surface area contributed by atoms with Crippen LogP contribution in [0.1, 0.15) is 44.6 Å². The van der Waals surface area contributed by atoms with Crippen molar-refractivity contribution in [3.63, 3.8) is 0 Å². The second-order valence-corrected chi connectivity index (χ2v) is 11.6. The minimum atomic E-state index is -1.15. The van der Waals surface area contributed by atoms with Crippen molar-refractivity contribution in [3.8, 4) is 0 Å². The zero-order valence-corrected chi connectivity index (χ0v) is 17.5. The number of nitrogens with zero attached hydrogens (tertiary/aromatic N) is 2. The number of nitrogens with one attached hydrogen (secondary N) is 1. The number of aliphatic imine (C=N–C) groups is 1. The number of aliphatic hydroxyl groups excluding tert-OH is 1. The van der Waals surface area contributed by atoms with E-state index in [4.69, 9.17) is 0 Å². The molecular formula is C22H33N3OS. The Morgan fingerprint density at radius 2 is 2.22 bits per heavy atom. The van der Waals surface area contributed by atoms with Crippen molar-refractivity contribution in [2.45, 2.75) is 62.6 Å². The molecule has 0 amide bonds. The standard InChI is InChI=1S/C22H33N3OS/c1-3-4-5-11-27(15-22(26)24-16-27)19-8-9-21-20(13-19)17(14-23-21)12-18-7-6-10-25(18)2/h8-9,13-14,16,18,22-23,26H,3-7,10-12,15H2,1-2H3/t18-,22?/m1/s1. The van der Waals surface area contributed by atoms with Crippen molar-refractivity contribution in [1.29, 1.82) is 0 Å². The number of unbranched alkanes of at least 4 members (excludes halogenated alkanes) is 2. The maximum Gasteiger partial charge on any atom is 0.153 e. The lowest BCUT2D eigenvalue weighted by molar-refractivity contribution is 0.213. The highest BCUT2D eigenvalue weighted by Crippen LogP contribution is 2.58. The van der Waals surface area contributed by atoms with Crippen LogP contribution >= 0.6 is 10.0 Å². The fraction of sp³-hybridized carbons (Fsp3) is 0.591. The Hall–Kier alpha value is -1.30. The van der Waals surface area contributed by atoms with Gasteiger partial charge in [-0.1, -0.05) is 19.8 Å². The van der Waals surface area contributed by atoms with Gasteiger partial charge in [-0.15, -0.1) is 0 Å². The quantitative estimate of drug-likeness (QED) is 0.686. The van der Waals surface area contributed by atoms with E-state index in [1.165, 1.54) is 60.0 Å². The number of likely N-dealkylation sites (N-methyl/N-ethyl adjacent to an activating group) is 1. The second kappa shape index (κ2) is 7.98. The van der Waals surface area contributed by atoms with Gasteiger partial charge in [-0.25, -0.2) is 0 Å². The Morgan fingerprint density at radius 3 is 2.93 bits per heavy atom. The first kappa shape index (κ1) is 19.0. The maximum atomic E-state index is 10.1. The van der Waals surface area contributed by atoms with E-state index >= 15 is 0 Å². The number of fused-ring (bicyclic) bond motifs is 1. The minimum absolute atomic E-state index is 0.518. The Balaban J connectivity index is 1.64. The summed E-state index contributed by atoms with van der Waals surface area (Å²) in [4.78, 5) is 11.8. The van der Waals surface area contributed by atoms with Crippen molar-refractivity contribution >= 4 is 26.5 Å². The van der Waals surface area contributed by atoms with Crippen LogP contribution in [0.15, 0.2) is 34.3 Å². The van der Waals surface area contributed by atoms with Crippen LogP contribution in [0.25, 0.3) is 10.9 Å². The van der Waals surface area contributed by atoms with E-state index < -0.39 is 16.3 Å². The van der Waals surface area contributed by atoms with Gasteiger partial charge in [-0.2, -0.15) is 10.0 Å². The largest absolute Gasteiger partial charge is 0.371 e. The van der Waals surface area contributed by atoms with Gasteiger partial charge in [0.2, 0.25) is 0 Å². The van der Waals surface area contributed by atoms with Gasteiger partial charge in [-0.3, -0.25) is 4.99 Å². The van der Waals surface area contributed by atoms with E-state index in [-0.39, 0.29) is 0 Å². The summed E-state index contributed by atoms with van der Waals surface area (Å²) >= 11 is 0. The molecule has 2 aromatic rings. The molecular weight excluding hydrogens is 354 g/mol. The lowest BCUT2D eigenvalue weighted by Gasteiger charge is -2.33. The zero-order chi connectivity index (χ0) is 18.9. The fourth-order valence-electron chi connectivity index (χ4n) is 4.63. The topological polar surface area (TPSA) is 51.6 Å². The molecule has 0 spiro atoms. The summed E-state index contributed by atoms with van der Waals surface area (Å²) in [5.41, 5.74) is 4.78. The fourth-order valence-corrected chi connectivity index (χ4v) is 7.94. The first-order chi connectivity index (χ1) is 13.1. The van der Waals surface area contributed by atoms with E-state index in [1.54, 1.807) is 0 Å². The zero-order valence-electron chi connectivity index (χ0n) is 16.7. The molecule has 2 unspecified atom stereocenters. The monoisotopic (exact) mass is 387 g/mol. The van der Waals surface area contributed by atoms with Crippen LogP contribution in [0.2, 0.25) is 0 Å². The number of aliphatic hydroxyl groups is 1. The van der Waals surface area contributed by atoms with Gasteiger partial charge in [0.25, 0.3) is 0 Å². The minimum Gasteiger partial charge on any atom is -0.371 e. The van der Waals surface area contributed by atoms with Gasteiger partial charge < -0.3 is 15.0 Å². The van der Waals surface area contributed by atoms with E-state index in [0.717, 1.165) is 17.9 Å². The summed E-state index contributed by atoms with van der Waals surface area (Å²) in [7, 11) is 1.10. The van der Waals surface area contributed by atoms with Gasteiger partial charge in [0.05, 0.1) is 0 Å². The molecule has 0 bridgehead atoms. The van der Waals surface area contributed by atoms with E-state index in [1.807, 2.05) is 0 Å². The number of benzene rings is 1. The van der Waals surface area contributed by atoms with E-state index in [0.29, 0.717) is 6.04 Å². The molecule has 4 nitrogen and oxygen atoms in total. The maximum absolute atomic E-state index is 10.1. The van der Waals surface area contributed by atoms with Crippen LogP contribution in [0.4, 0.5) is 0 Å². The van der Waals surface area contributed by atoms with Crippen molar-refractivity contribution in [3.05, 3.63) is 30.0 Å². The molecule has 1 aromatic carbocycles. The summed E-state index contributed by atoms with van der Waals surface area (Å²) in [5, 5.41) is 11.5. The van der Waals surface area contributed by atoms with Crippen LogP contribution < -0.4 is 0 Å². The molecule has 27 heavy (non-hydrogen) atoms. The van der Waals surface area contributed by atoms with Gasteiger partial charge in [0, 0.05) is 34.4 Å². The third kappa shape index (κ3) is 3.82. The predicted octanol–water partition coefficient (Wildman–Crippen LogP) is 4.52. The lowest BCUT2D eigenvalue weighted by Crippen LogP contribution is -2.26. The molecule has 2 aliphatic rings. The molecule has 5 heteroatoms. The van der Waals surface area contributed by atoms with E-state index in [2.05, 4.69) is 58.8 Å². The average Bonchev–Trinajstić information content (AvgIpc) is 3.36. The SMILES string of the molecule is CCCCCS1(c2ccc3[nH]cc(C[C@H]4CCCN4C)c3c2)C=NC(O)C1. The Bertz CT molecular complexity index is 817. The number of H-pyrrole nitrogens is 1. The number of aromatic nitrogens is 1. The third-order valence-electron chi connectivity index (χ3n) is 6.33. The van der Waals surface area contributed by atoms with Crippen molar-refractivity contribution in [2.24, 2.45) is 4.99 Å². The summed E-state index contributed by atoms with van der Waals surface area (Å²) in [6.07, 6.45) is 9.12. The first-order valence-corrected chi connectivity index (χ1v) is 12.4. The van der Waals surface area contributed by atoms with Crippen LogP contribution in [0.5, 0.6) is 0 Å². The van der Waals surface area contributed by atoms with Gasteiger partial charge in [0.15, 0.2) is 6.23 Å². The molecule has 2 N–H and O–H groups in total. The molecule has 2 aliphatic heterocycles. The number of likely N-dealkylation sites (tertiary alicyclic amines) is 1. The van der Waals surface area contributed by atoms with E-state index in [9.17, 15) is 5.11 Å². The molecule has 1 aromatic heterocycles. The first-order valence-electron chi connectivity index (χ1n) is 10.4. The van der Waals surface area contributed by atoms with Crippen LogP contribution in [0.3, 0.4) is 0 Å². The number of hydrogen-bond acceptors (Lipinski definition) is 3. The van der Waals surface area contributed by atoms with Gasteiger partial charge in [0.1, 0.15) is 0 Å². The van der Waals surface area contributed by atoms with Crippen molar-refractivity contribution in [1.82, 2.24) is 9.88 Å². The molecule has 3 atom stereocenters. The normalized spacial score (nSPS) is 30.9. The predicted molar refractivity (Wildman–Crippen MR) is 117 cm³/mol. The molecule has 1 saturated heterocycles. The molecule has 0 radical (unpaired) electrons. The van der Waals surface area contributed by atoms with Crippen molar-refractivity contribution < 1.29 is 5.11 Å². The third-order valence-corrected chi connectivity index (χ3v) is 9.96. The molecule has 0 aliphatic carbocycles. The molecule has 3 heterocycles. The molecule has 148 valence electrons. The summed E-state index contributed by atoms with van der Waals surface area (Å²) in [6, 6.07) is 7.57. The Morgan fingerprint density at radius 1 is 1.33 bits per heavy atom. The highest BCUT2D eigenvalue weighted by molar-refractivity contribution is 8.44. The number of aromatic amines is 1. The van der Waals surface area contributed by atoms with Crippen LogP contribution in [0, 0.1) is 0 Å². The number of hydrogen-bond donors (Lipinski definition) is 2. The highest BCUT2D eigenvalue weighted by atomic mass is 32.3. The average molecular weight is 388 g/mol. The van der Waals surface area contributed by atoms with Gasteiger partial charge >= 0.3 is 0 Å². The molecule has 1 fully saturated rings. The number of rotatable bonds is 7.